The van der Waals surface area contributed by atoms with Crippen LogP contribution in [0.25, 0.3) is 10.9 Å². The van der Waals surface area contributed by atoms with E-state index in [-0.39, 0.29) is 18.0 Å². The lowest BCUT2D eigenvalue weighted by Gasteiger charge is -2.20. The molecule has 0 aliphatic carbocycles. The number of likely N-dealkylation sites (tertiary alicyclic amines) is 1. The zero-order valence-corrected chi connectivity index (χ0v) is 17.1. The van der Waals surface area contributed by atoms with Crippen LogP contribution in [0.15, 0.2) is 54.7 Å². The Morgan fingerprint density at radius 3 is 2.29 bits per heavy atom. The molecule has 2 amide bonds. The molecule has 3 aromatic rings. The number of halogens is 1. The molecule has 4 rings (SSSR count). The number of ketones is 1. The summed E-state index contributed by atoms with van der Waals surface area (Å²) in [6, 6.07) is 12.4. The summed E-state index contributed by atoms with van der Waals surface area (Å²) in [6.45, 7) is 1.63. The maximum Gasteiger partial charge on any atom is 0.296 e. The average Bonchev–Trinajstić information content (AvgIpc) is 2.94. The molecule has 0 radical (unpaired) electrons. The standard InChI is InChI=1S/C24H24FN3O3/c25-17-9-11-18(12-10-17)26-24(31)23(30)20-15-28(21-8-4-3-7-19(20)21)16-22(29)27-13-5-1-2-6-14-27/h3-4,7-12,15H,1-2,5-6,13-14,16H2,(H,26,31). The van der Waals surface area contributed by atoms with E-state index >= 15 is 0 Å². The van der Waals surface area contributed by atoms with Crippen LogP contribution in [0.1, 0.15) is 36.0 Å². The fourth-order valence-electron chi connectivity index (χ4n) is 3.97. The van der Waals surface area contributed by atoms with Gasteiger partial charge in [-0.2, -0.15) is 0 Å². The smallest absolute Gasteiger partial charge is 0.296 e. The van der Waals surface area contributed by atoms with Crippen LogP contribution >= 0.6 is 0 Å². The molecule has 2 heterocycles. The summed E-state index contributed by atoms with van der Waals surface area (Å²) in [5.74, 6) is -1.94. The van der Waals surface area contributed by atoms with E-state index in [4.69, 9.17) is 0 Å². The number of hydrogen-bond acceptors (Lipinski definition) is 3. The van der Waals surface area contributed by atoms with Crippen molar-refractivity contribution >= 4 is 34.2 Å². The Balaban J connectivity index is 1.57. The summed E-state index contributed by atoms with van der Waals surface area (Å²) in [6.07, 6.45) is 5.86. The van der Waals surface area contributed by atoms with Gasteiger partial charge in [0.15, 0.2) is 0 Å². The van der Waals surface area contributed by atoms with Gasteiger partial charge in [-0.1, -0.05) is 31.0 Å². The van der Waals surface area contributed by atoms with Crippen LogP contribution in [0.5, 0.6) is 0 Å². The third kappa shape index (κ3) is 4.66. The van der Waals surface area contributed by atoms with Crippen LogP contribution < -0.4 is 5.32 Å². The van der Waals surface area contributed by atoms with Gasteiger partial charge in [0.1, 0.15) is 12.4 Å². The number of nitrogens with one attached hydrogen (secondary N) is 1. The molecule has 7 heteroatoms. The number of nitrogens with zero attached hydrogens (tertiary/aromatic N) is 2. The minimum atomic E-state index is -0.812. The molecule has 1 saturated heterocycles. The number of amides is 2. The number of aromatic nitrogens is 1. The van der Waals surface area contributed by atoms with Crippen LogP contribution in [0.2, 0.25) is 0 Å². The highest BCUT2D eigenvalue weighted by molar-refractivity contribution is 6.48. The van der Waals surface area contributed by atoms with Gasteiger partial charge in [0.05, 0.1) is 5.56 Å². The predicted molar refractivity (Wildman–Crippen MR) is 116 cm³/mol. The lowest BCUT2D eigenvalue weighted by molar-refractivity contribution is -0.131. The molecular weight excluding hydrogens is 397 g/mol. The zero-order valence-electron chi connectivity index (χ0n) is 17.1. The molecule has 31 heavy (non-hydrogen) atoms. The number of Topliss-reactive ketones (excluding diaryl/α,β-unsaturated/α-hetero) is 1. The van der Waals surface area contributed by atoms with Crippen LogP contribution in [-0.4, -0.2) is 40.2 Å². The quantitative estimate of drug-likeness (QED) is 0.500. The highest BCUT2D eigenvalue weighted by atomic mass is 19.1. The Morgan fingerprint density at radius 2 is 1.58 bits per heavy atom. The molecule has 0 bridgehead atoms. The van der Waals surface area contributed by atoms with E-state index < -0.39 is 17.5 Å². The molecular formula is C24H24FN3O3. The highest BCUT2D eigenvalue weighted by Gasteiger charge is 2.23. The molecule has 0 spiro atoms. The molecule has 2 aromatic carbocycles. The van der Waals surface area contributed by atoms with Crippen molar-refractivity contribution in [3.63, 3.8) is 0 Å². The zero-order chi connectivity index (χ0) is 21.8. The third-order valence-electron chi connectivity index (χ3n) is 5.61. The number of anilines is 1. The summed E-state index contributed by atoms with van der Waals surface area (Å²) in [5, 5.41) is 3.12. The van der Waals surface area contributed by atoms with Gasteiger partial charge < -0.3 is 14.8 Å². The van der Waals surface area contributed by atoms with Gasteiger partial charge in [-0.25, -0.2) is 4.39 Å². The Kier molecular flexibility index (Phi) is 6.11. The first-order valence-corrected chi connectivity index (χ1v) is 10.5. The molecule has 160 valence electrons. The Hall–Kier alpha value is -3.48. The lowest BCUT2D eigenvalue weighted by Crippen LogP contribution is -2.34. The topological polar surface area (TPSA) is 71.4 Å². The molecule has 1 aromatic heterocycles. The van der Waals surface area contributed by atoms with Gasteiger partial charge in [-0.3, -0.25) is 14.4 Å². The number of hydrogen-bond donors (Lipinski definition) is 1. The maximum absolute atomic E-state index is 13.1. The Bertz CT molecular complexity index is 1110. The fourth-order valence-corrected chi connectivity index (χ4v) is 3.97. The number of fused-ring (bicyclic) bond motifs is 1. The summed E-state index contributed by atoms with van der Waals surface area (Å²) in [5.41, 5.74) is 1.29. The van der Waals surface area contributed by atoms with Crippen LogP contribution in [0, 0.1) is 5.82 Å². The summed E-state index contributed by atoms with van der Waals surface area (Å²) in [7, 11) is 0. The molecule has 0 atom stereocenters. The van der Waals surface area contributed by atoms with Gasteiger partial charge in [-0.05, 0) is 43.2 Å². The monoisotopic (exact) mass is 421 g/mol. The summed E-state index contributed by atoms with van der Waals surface area (Å²) < 4.78 is 14.8. The van der Waals surface area contributed by atoms with E-state index in [2.05, 4.69) is 5.32 Å². The van der Waals surface area contributed by atoms with Crippen molar-refractivity contribution < 1.29 is 18.8 Å². The van der Waals surface area contributed by atoms with Crippen molar-refractivity contribution in [3.8, 4) is 0 Å². The van der Waals surface area contributed by atoms with Crippen LogP contribution in [0.4, 0.5) is 10.1 Å². The Labute approximate surface area is 179 Å². The van der Waals surface area contributed by atoms with Gasteiger partial charge in [0, 0.05) is 35.9 Å². The van der Waals surface area contributed by atoms with Crippen molar-refractivity contribution in [2.75, 3.05) is 18.4 Å². The van der Waals surface area contributed by atoms with E-state index in [1.165, 1.54) is 24.3 Å². The predicted octanol–water partition coefficient (Wildman–Crippen LogP) is 4.00. The third-order valence-corrected chi connectivity index (χ3v) is 5.61. The second-order valence-electron chi connectivity index (χ2n) is 7.77. The minimum Gasteiger partial charge on any atom is -0.341 e. The number of carbonyl (C=O) groups is 3. The molecule has 0 unspecified atom stereocenters. The van der Waals surface area contributed by atoms with E-state index in [1.807, 2.05) is 17.0 Å². The van der Waals surface area contributed by atoms with Gasteiger partial charge in [-0.15, -0.1) is 0 Å². The fraction of sp³-hybridized carbons (Fsp3) is 0.292. The van der Waals surface area contributed by atoms with Crippen molar-refractivity contribution in [1.29, 1.82) is 0 Å². The van der Waals surface area contributed by atoms with Crippen LogP contribution in [0.3, 0.4) is 0 Å². The molecule has 1 aliphatic heterocycles. The number of para-hydroxylation sites is 1. The first kappa shape index (κ1) is 20.8. The van der Waals surface area contributed by atoms with Gasteiger partial charge >= 0.3 is 0 Å². The van der Waals surface area contributed by atoms with Crippen molar-refractivity contribution in [2.45, 2.75) is 32.2 Å². The second kappa shape index (κ2) is 9.12. The van der Waals surface area contributed by atoms with E-state index in [9.17, 15) is 18.8 Å². The second-order valence-corrected chi connectivity index (χ2v) is 7.77. The molecule has 1 N–H and O–H groups in total. The first-order chi connectivity index (χ1) is 15.0. The number of rotatable bonds is 5. The molecule has 1 fully saturated rings. The van der Waals surface area contributed by atoms with E-state index in [0.717, 1.165) is 44.3 Å². The summed E-state index contributed by atoms with van der Waals surface area (Å²) in [4.78, 5) is 40.1. The van der Waals surface area contributed by atoms with Crippen molar-refractivity contribution in [1.82, 2.24) is 9.47 Å². The van der Waals surface area contributed by atoms with Crippen molar-refractivity contribution in [2.24, 2.45) is 0 Å². The molecule has 6 nitrogen and oxygen atoms in total. The van der Waals surface area contributed by atoms with Crippen LogP contribution in [-0.2, 0) is 16.1 Å². The largest absolute Gasteiger partial charge is 0.341 e. The molecule has 0 saturated carbocycles. The molecule has 1 aliphatic rings. The van der Waals surface area contributed by atoms with Crippen molar-refractivity contribution in [3.05, 3.63) is 66.1 Å². The first-order valence-electron chi connectivity index (χ1n) is 10.5. The summed E-state index contributed by atoms with van der Waals surface area (Å²) >= 11 is 0. The van der Waals surface area contributed by atoms with Gasteiger partial charge in [0.25, 0.3) is 11.7 Å². The van der Waals surface area contributed by atoms with E-state index in [1.54, 1.807) is 22.9 Å². The minimum absolute atomic E-state index is 0.0115. The lowest BCUT2D eigenvalue weighted by atomic mass is 10.1. The highest BCUT2D eigenvalue weighted by Crippen LogP contribution is 2.23. The van der Waals surface area contributed by atoms with Gasteiger partial charge in [0.2, 0.25) is 5.91 Å². The Morgan fingerprint density at radius 1 is 0.903 bits per heavy atom. The maximum atomic E-state index is 13.1. The SMILES string of the molecule is O=C(Nc1ccc(F)cc1)C(=O)c1cn(CC(=O)N2CCCCCC2)c2ccccc12. The number of benzene rings is 2. The normalized spacial score (nSPS) is 14.3. The number of carbonyl (C=O) groups excluding carboxylic acids is 3. The van der Waals surface area contributed by atoms with E-state index in [0.29, 0.717) is 11.1 Å². The average molecular weight is 421 g/mol.